The summed E-state index contributed by atoms with van der Waals surface area (Å²) in [6, 6.07) is 11.2. The van der Waals surface area contributed by atoms with Crippen LogP contribution in [-0.2, 0) is 11.3 Å². The number of aliphatic hydroxyl groups is 1. The predicted molar refractivity (Wildman–Crippen MR) is 105 cm³/mol. The molecule has 0 unspecified atom stereocenters. The SMILES string of the molecule is O=C(C[C@H]1NCCC[C@@H]1O)Cn1cnc2nc(-c3cccc(Cl)c3)ccc21. The Hall–Kier alpha value is -2.28. The summed E-state index contributed by atoms with van der Waals surface area (Å²) >= 11 is 6.06. The van der Waals surface area contributed by atoms with Crippen molar-refractivity contribution in [1.29, 1.82) is 0 Å². The molecule has 0 amide bonds. The summed E-state index contributed by atoms with van der Waals surface area (Å²) in [5.74, 6) is 0.0617. The number of carbonyl (C=O) groups excluding carboxylic acids is 1. The normalized spacial score (nSPS) is 20.1. The van der Waals surface area contributed by atoms with Crippen LogP contribution in [0.4, 0.5) is 0 Å². The van der Waals surface area contributed by atoms with Gasteiger partial charge in [0.15, 0.2) is 11.4 Å². The number of Topliss-reactive ketones (excluding diaryl/α,β-unsaturated/α-hetero) is 1. The van der Waals surface area contributed by atoms with Gasteiger partial charge in [-0.25, -0.2) is 9.97 Å². The molecule has 2 aromatic heterocycles. The van der Waals surface area contributed by atoms with Gasteiger partial charge in [-0.1, -0.05) is 23.7 Å². The maximum Gasteiger partial charge on any atom is 0.178 e. The van der Waals surface area contributed by atoms with Gasteiger partial charge in [0, 0.05) is 23.0 Å². The van der Waals surface area contributed by atoms with Crippen molar-refractivity contribution >= 4 is 28.5 Å². The summed E-state index contributed by atoms with van der Waals surface area (Å²) in [5.41, 5.74) is 3.12. The Labute approximate surface area is 162 Å². The topological polar surface area (TPSA) is 80.0 Å². The van der Waals surface area contributed by atoms with Crippen LogP contribution in [-0.4, -0.2) is 44.1 Å². The summed E-state index contributed by atoms with van der Waals surface area (Å²) in [4.78, 5) is 21.4. The van der Waals surface area contributed by atoms with Gasteiger partial charge in [-0.3, -0.25) is 4.79 Å². The highest BCUT2D eigenvalue weighted by Gasteiger charge is 2.25. The number of aliphatic hydroxyl groups excluding tert-OH is 1. The molecule has 0 radical (unpaired) electrons. The van der Waals surface area contributed by atoms with E-state index in [1.807, 2.05) is 41.0 Å². The van der Waals surface area contributed by atoms with E-state index in [9.17, 15) is 9.90 Å². The Morgan fingerprint density at radius 3 is 3.04 bits per heavy atom. The number of imidazole rings is 1. The minimum absolute atomic E-state index is 0.0617. The second kappa shape index (κ2) is 7.76. The molecule has 0 saturated carbocycles. The van der Waals surface area contributed by atoms with Gasteiger partial charge in [0.05, 0.1) is 30.2 Å². The van der Waals surface area contributed by atoms with Crippen molar-refractivity contribution in [3.05, 3.63) is 47.7 Å². The van der Waals surface area contributed by atoms with Crippen LogP contribution in [0.25, 0.3) is 22.4 Å². The maximum atomic E-state index is 12.5. The van der Waals surface area contributed by atoms with Crippen LogP contribution in [0.2, 0.25) is 5.02 Å². The fourth-order valence-corrected chi connectivity index (χ4v) is 3.72. The number of hydrogen-bond donors (Lipinski definition) is 2. The van der Waals surface area contributed by atoms with Crippen molar-refractivity contribution < 1.29 is 9.90 Å². The minimum Gasteiger partial charge on any atom is -0.391 e. The molecule has 0 bridgehead atoms. The number of fused-ring (bicyclic) bond motifs is 1. The molecule has 3 aromatic rings. The van der Waals surface area contributed by atoms with Gasteiger partial charge in [-0.2, -0.15) is 0 Å². The van der Waals surface area contributed by atoms with Gasteiger partial charge >= 0.3 is 0 Å². The van der Waals surface area contributed by atoms with Crippen molar-refractivity contribution in [1.82, 2.24) is 19.9 Å². The Kier molecular flexibility index (Phi) is 5.20. The molecule has 7 heteroatoms. The third kappa shape index (κ3) is 4.03. The average molecular weight is 385 g/mol. The molecule has 1 aliphatic rings. The number of rotatable bonds is 5. The Bertz CT molecular complexity index is 972. The third-order valence-corrected chi connectivity index (χ3v) is 5.18. The first-order chi connectivity index (χ1) is 13.1. The van der Waals surface area contributed by atoms with Crippen LogP contribution in [0.1, 0.15) is 19.3 Å². The van der Waals surface area contributed by atoms with E-state index in [0.717, 1.165) is 36.2 Å². The molecule has 2 N–H and O–H groups in total. The number of aromatic nitrogens is 3. The first-order valence-corrected chi connectivity index (χ1v) is 9.49. The van der Waals surface area contributed by atoms with Gasteiger partial charge in [-0.15, -0.1) is 0 Å². The maximum absolute atomic E-state index is 12.5. The lowest BCUT2D eigenvalue weighted by Gasteiger charge is -2.28. The smallest absolute Gasteiger partial charge is 0.178 e. The summed E-state index contributed by atoms with van der Waals surface area (Å²) in [7, 11) is 0. The molecule has 0 aliphatic carbocycles. The summed E-state index contributed by atoms with van der Waals surface area (Å²) in [6.45, 7) is 1.07. The molecule has 1 aliphatic heterocycles. The second-order valence-corrected chi connectivity index (χ2v) is 7.37. The number of halogens is 1. The van der Waals surface area contributed by atoms with E-state index in [1.54, 1.807) is 6.33 Å². The zero-order valence-electron chi connectivity index (χ0n) is 14.8. The summed E-state index contributed by atoms with van der Waals surface area (Å²) in [6.07, 6.45) is 3.19. The molecule has 140 valence electrons. The highest BCUT2D eigenvalue weighted by molar-refractivity contribution is 6.30. The van der Waals surface area contributed by atoms with E-state index < -0.39 is 6.10 Å². The molecular formula is C20H21ClN4O2. The number of carbonyl (C=O) groups is 1. The number of nitrogens with zero attached hydrogens (tertiary/aromatic N) is 3. The number of pyridine rings is 1. The van der Waals surface area contributed by atoms with Gasteiger partial charge in [0.25, 0.3) is 0 Å². The highest BCUT2D eigenvalue weighted by atomic mass is 35.5. The number of hydrogen-bond acceptors (Lipinski definition) is 5. The first-order valence-electron chi connectivity index (χ1n) is 9.11. The van der Waals surface area contributed by atoms with Crippen LogP contribution >= 0.6 is 11.6 Å². The lowest BCUT2D eigenvalue weighted by molar-refractivity contribution is -0.121. The van der Waals surface area contributed by atoms with Gasteiger partial charge < -0.3 is 15.0 Å². The van der Waals surface area contributed by atoms with Crippen LogP contribution in [0.15, 0.2) is 42.7 Å². The molecule has 2 atom stereocenters. The molecule has 6 nitrogen and oxygen atoms in total. The van der Waals surface area contributed by atoms with E-state index >= 15 is 0 Å². The van der Waals surface area contributed by atoms with Crippen molar-refractivity contribution in [2.75, 3.05) is 6.54 Å². The third-order valence-electron chi connectivity index (χ3n) is 4.95. The number of piperidine rings is 1. The fraction of sp³-hybridized carbons (Fsp3) is 0.350. The summed E-state index contributed by atoms with van der Waals surface area (Å²) < 4.78 is 1.81. The van der Waals surface area contributed by atoms with E-state index in [-0.39, 0.29) is 18.4 Å². The highest BCUT2D eigenvalue weighted by Crippen LogP contribution is 2.23. The van der Waals surface area contributed by atoms with E-state index in [4.69, 9.17) is 11.6 Å². The van der Waals surface area contributed by atoms with Gasteiger partial charge in [0.1, 0.15) is 0 Å². The van der Waals surface area contributed by atoms with Crippen LogP contribution in [0.3, 0.4) is 0 Å². The predicted octanol–water partition coefficient (Wildman–Crippen LogP) is 2.82. The molecule has 1 saturated heterocycles. The standard InChI is InChI=1S/C20H21ClN4O2/c21-14-4-1-3-13(9-14)16-6-7-18-20(24-16)23-12-25(18)11-15(26)10-17-19(27)5-2-8-22-17/h1,3-4,6-7,9,12,17,19,22,27H,2,5,8,10-11H2/t17-,19+/m1/s1. The van der Waals surface area contributed by atoms with Crippen molar-refractivity contribution in [3.8, 4) is 11.3 Å². The molecule has 1 fully saturated rings. The van der Waals surface area contributed by atoms with E-state index in [0.29, 0.717) is 17.1 Å². The number of benzene rings is 1. The van der Waals surface area contributed by atoms with E-state index in [1.165, 1.54) is 0 Å². The van der Waals surface area contributed by atoms with Crippen molar-refractivity contribution in [2.24, 2.45) is 0 Å². The zero-order valence-corrected chi connectivity index (χ0v) is 15.6. The fourth-order valence-electron chi connectivity index (χ4n) is 3.53. The lowest BCUT2D eigenvalue weighted by atomic mass is 9.97. The molecule has 4 rings (SSSR count). The van der Waals surface area contributed by atoms with Crippen LogP contribution in [0.5, 0.6) is 0 Å². The Morgan fingerprint density at radius 2 is 2.22 bits per heavy atom. The van der Waals surface area contributed by atoms with Gasteiger partial charge in [-0.05, 0) is 43.7 Å². The van der Waals surface area contributed by atoms with E-state index in [2.05, 4.69) is 15.3 Å². The Morgan fingerprint density at radius 1 is 1.33 bits per heavy atom. The van der Waals surface area contributed by atoms with Crippen molar-refractivity contribution in [3.63, 3.8) is 0 Å². The molecular weight excluding hydrogens is 364 g/mol. The number of ketones is 1. The zero-order chi connectivity index (χ0) is 18.8. The number of nitrogens with one attached hydrogen (secondary N) is 1. The minimum atomic E-state index is -0.454. The summed E-state index contributed by atoms with van der Waals surface area (Å²) in [5, 5.41) is 13.9. The van der Waals surface area contributed by atoms with Crippen LogP contribution < -0.4 is 5.32 Å². The van der Waals surface area contributed by atoms with Crippen molar-refractivity contribution in [2.45, 2.75) is 38.0 Å². The average Bonchev–Trinajstić information content (AvgIpc) is 3.05. The molecule has 3 heterocycles. The molecule has 0 spiro atoms. The second-order valence-electron chi connectivity index (χ2n) is 6.94. The monoisotopic (exact) mass is 384 g/mol. The molecule has 1 aromatic carbocycles. The largest absolute Gasteiger partial charge is 0.391 e. The molecule has 27 heavy (non-hydrogen) atoms. The van der Waals surface area contributed by atoms with Gasteiger partial charge in [0.2, 0.25) is 0 Å². The lowest BCUT2D eigenvalue weighted by Crippen LogP contribution is -2.46. The Balaban J connectivity index is 1.50. The quantitative estimate of drug-likeness (QED) is 0.707. The van der Waals surface area contributed by atoms with Crippen LogP contribution in [0, 0.1) is 0 Å². The first kappa shape index (κ1) is 18.1.